The Labute approximate surface area is 352 Å². The van der Waals surface area contributed by atoms with Crippen molar-refractivity contribution in [2.24, 2.45) is 0 Å². The quantitative estimate of drug-likeness (QED) is 0.158. The van der Waals surface area contributed by atoms with Gasteiger partial charge in [-0.25, -0.2) is 15.0 Å². The van der Waals surface area contributed by atoms with E-state index in [4.69, 9.17) is 15.0 Å². The Balaban J connectivity index is 1.13. The van der Waals surface area contributed by atoms with Crippen LogP contribution in [0.25, 0.3) is 116 Å². The van der Waals surface area contributed by atoms with Crippen LogP contribution in [0.1, 0.15) is 0 Å². The molecule has 0 unspecified atom stereocenters. The molecule has 61 heavy (non-hydrogen) atoms. The zero-order valence-electron chi connectivity index (χ0n) is 33.1. The fourth-order valence-electron chi connectivity index (χ4n) is 9.15. The molecule has 0 radical (unpaired) electrons. The highest BCUT2D eigenvalue weighted by atomic mass is 15.0. The highest BCUT2D eigenvalue weighted by Gasteiger charge is 2.21. The summed E-state index contributed by atoms with van der Waals surface area (Å²) in [4.78, 5) is 15.7. The Kier molecular flexibility index (Phi) is 8.13. The van der Waals surface area contributed by atoms with Crippen molar-refractivity contribution in [3.05, 3.63) is 218 Å². The number of hydrogen-bond donors (Lipinski definition) is 0. The van der Waals surface area contributed by atoms with E-state index in [2.05, 4.69) is 199 Å². The van der Waals surface area contributed by atoms with Crippen molar-refractivity contribution in [2.75, 3.05) is 0 Å². The molecule has 0 aliphatic rings. The van der Waals surface area contributed by atoms with E-state index < -0.39 is 0 Å². The van der Waals surface area contributed by atoms with Gasteiger partial charge in [-0.05, 0) is 84.9 Å². The van der Waals surface area contributed by atoms with Crippen LogP contribution in [0.3, 0.4) is 0 Å². The van der Waals surface area contributed by atoms with Crippen LogP contribution in [-0.4, -0.2) is 19.5 Å². The van der Waals surface area contributed by atoms with Crippen molar-refractivity contribution in [3.63, 3.8) is 0 Å². The largest absolute Gasteiger partial charge is 0.309 e. The first-order valence-electron chi connectivity index (χ1n) is 20.7. The van der Waals surface area contributed by atoms with Gasteiger partial charge in [-0.15, -0.1) is 0 Å². The van der Waals surface area contributed by atoms with Crippen molar-refractivity contribution in [1.29, 1.82) is 0 Å². The average Bonchev–Trinajstić information content (AvgIpc) is 3.67. The third kappa shape index (κ3) is 5.88. The Morgan fingerprint density at radius 1 is 0.246 bits per heavy atom. The highest BCUT2D eigenvalue weighted by Crippen LogP contribution is 2.42. The topological polar surface area (TPSA) is 43.6 Å². The van der Waals surface area contributed by atoms with Crippen molar-refractivity contribution >= 4 is 54.1 Å². The predicted molar refractivity (Wildman–Crippen MR) is 254 cm³/mol. The summed E-state index contributed by atoms with van der Waals surface area (Å²) in [6, 6.07) is 77.6. The predicted octanol–water partition coefficient (Wildman–Crippen LogP) is 14.8. The lowest BCUT2D eigenvalue weighted by Gasteiger charge is -2.15. The Hall–Kier alpha value is -8.21. The maximum absolute atomic E-state index is 5.32. The summed E-state index contributed by atoms with van der Waals surface area (Å²) < 4.78 is 2.41. The van der Waals surface area contributed by atoms with Gasteiger partial charge in [0.2, 0.25) is 0 Å². The van der Waals surface area contributed by atoms with Gasteiger partial charge in [0.25, 0.3) is 0 Å². The van der Waals surface area contributed by atoms with Crippen molar-refractivity contribution in [2.45, 2.75) is 0 Å². The number of hydrogen-bond acceptors (Lipinski definition) is 3. The zero-order chi connectivity index (χ0) is 40.3. The first kappa shape index (κ1) is 34.8. The minimum Gasteiger partial charge on any atom is -0.309 e. The van der Waals surface area contributed by atoms with E-state index in [1.54, 1.807) is 0 Å². The van der Waals surface area contributed by atoms with E-state index in [0.717, 1.165) is 55.5 Å². The van der Waals surface area contributed by atoms with E-state index in [1.807, 2.05) is 24.3 Å². The van der Waals surface area contributed by atoms with Crippen LogP contribution in [0.2, 0.25) is 0 Å². The van der Waals surface area contributed by atoms with E-state index in [1.165, 1.54) is 43.3 Å². The minimum atomic E-state index is 0.615. The number of nitrogens with zero attached hydrogens (tertiary/aromatic N) is 4. The third-order valence-corrected chi connectivity index (χ3v) is 12.0. The van der Waals surface area contributed by atoms with Crippen LogP contribution in [0.5, 0.6) is 0 Å². The van der Waals surface area contributed by atoms with Crippen LogP contribution < -0.4 is 0 Å². The zero-order valence-corrected chi connectivity index (χ0v) is 33.1. The second-order valence-corrected chi connectivity index (χ2v) is 15.6. The van der Waals surface area contributed by atoms with Gasteiger partial charge < -0.3 is 4.57 Å². The van der Waals surface area contributed by atoms with Gasteiger partial charge >= 0.3 is 0 Å². The van der Waals surface area contributed by atoms with Crippen LogP contribution in [0.15, 0.2) is 218 Å². The minimum absolute atomic E-state index is 0.615. The fourth-order valence-corrected chi connectivity index (χ4v) is 9.15. The third-order valence-electron chi connectivity index (χ3n) is 12.0. The SMILES string of the molecule is c1ccc(-c2ccc(-c3nc(-c4ccccc4)nc(-c4cc5c(cc4-c4ccccc4)c4ccccc4n5-c4ccc5c6ccccc6c6ccccc6c5c4)n3)cc2)cc1. The molecular formula is C57H36N4. The van der Waals surface area contributed by atoms with Crippen LogP contribution in [-0.2, 0) is 0 Å². The number of fused-ring (bicyclic) bond motifs is 9. The lowest BCUT2D eigenvalue weighted by molar-refractivity contribution is 1.07. The molecule has 284 valence electrons. The van der Waals surface area contributed by atoms with Crippen LogP contribution >= 0.6 is 0 Å². The molecule has 0 spiro atoms. The average molecular weight is 777 g/mol. The first-order valence-corrected chi connectivity index (χ1v) is 20.7. The summed E-state index contributed by atoms with van der Waals surface area (Å²) in [5.41, 5.74) is 10.6. The number of para-hydroxylation sites is 1. The monoisotopic (exact) mass is 776 g/mol. The van der Waals surface area contributed by atoms with Gasteiger partial charge in [0, 0.05) is 33.2 Å². The lowest BCUT2D eigenvalue weighted by atomic mass is 9.94. The molecule has 12 aromatic rings. The van der Waals surface area contributed by atoms with Crippen LogP contribution in [0, 0.1) is 0 Å². The molecule has 0 amide bonds. The molecule has 0 N–H and O–H groups in total. The number of benzene rings is 10. The summed E-state index contributed by atoms with van der Waals surface area (Å²) in [5, 5.41) is 9.85. The van der Waals surface area contributed by atoms with Crippen molar-refractivity contribution < 1.29 is 0 Å². The fraction of sp³-hybridized carbons (Fsp3) is 0. The first-order chi connectivity index (χ1) is 30.2. The van der Waals surface area contributed by atoms with Gasteiger partial charge in [0.05, 0.1) is 11.0 Å². The second-order valence-electron chi connectivity index (χ2n) is 15.6. The Bertz CT molecular complexity index is 3580. The van der Waals surface area contributed by atoms with Gasteiger partial charge in [-0.3, -0.25) is 0 Å². The smallest absolute Gasteiger partial charge is 0.164 e. The summed E-state index contributed by atoms with van der Waals surface area (Å²) >= 11 is 0. The molecule has 0 aliphatic carbocycles. The molecule has 4 nitrogen and oxygen atoms in total. The molecule has 0 saturated heterocycles. The Morgan fingerprint density at radius 3 is 1.31 bits per heavy atom. The van der Waals surface area contributed by atoms with E-state index in [9.17, 15) is 0 Å². The normalized spacial score (nSPS) is 11.6. The van der Waals surface area contributed by atoms with E-state index in [-0.39, 0.29) is 0 Å². The second kappa shape index (κ2) is 14.3. The van der Waals surface area contributed by atoms with E-state index >= 15 is 0 Å². The Morgan fingerprint density at radius 2 is 0.689 bits per heavy atom. The standard InChI is InChI=1S/C57H36N4/c1-4-16-37(17-5-1)38-28-30-41(31-29-38)56-58-55(40-20-8-3-9-21-40)59-57(60-56)52-36-54-51(35-49(52)39-18-6-2-7-19-39)48-26-14-15-27-53(48)61(54)42-32-33-47-45-24-11-10-22-43(45)44-23-12-13-25-46(44)50(47)34-42/h1-36H. The summed E-state index contributed by atoms with van der Waals surface area (Å²) in [6.07, 6.45) is 0. The van der Waals surface area contributed by atoms with Crippen molar-refractivity contribution in [1.82, 2.24) is 19.5 Å². The van der Waals surface area contributed by atoms with Crippen LogP contribution in [0.4, 0.5) is 0 Å². The molecule has 2 heterocycles. The molecule has 4 heteroatoms. The molecular weight excluding hydrogens is 741 g/mol. The molecule has 0 aliphatic heterocycles. The molecule has 2 aromatic heterocycles. The number of rotatable bonds is 6. The van der Waals surface area contributed by atoms with Gasteiger partial charge in [-0.1, -0.05) is 188 Å². The molecule has 0 atom stereocenters. The van der Waals surface area contributed by atoms with Gasteiger partial charge in [-0.2, -0.15) is 0 Å². The maximum Gasteiger partial charge on any atom is 0.164 e. The number of aromatic nitrogens is 4. The molecule has 0 saturated carbocycles. The lowest BCUT2D eigenvalue weighted by Crippen LogP contribution is -2.02. The molecule has 12 rings (SSSR count). The summed E-state index contributed by atoms with van der Waals surface area (Å²) in [5.74, 6) is 1.86. The molecule has 0 fully saturated rings. The van der Waals surface area contributed by atoms with Gasteiger partial charge in [0.1, 0.15) is 0 Å². The summed E-state index contributed by atoms with van der Waals surface area (Å²) in [6.45, 7) is 0. The highest BCUT2D eigenvalue weighted by molar-refractivity contribution is 6.25. The van der Waals surface area contributed by atoms with E-state index in [0.29, 0.717) is 17.5 Å². The summed E-state index contributed by atoms with van der Waals surface area (Å²) in [7, 11) is 0. The molecule has 10 aromatic carbocycles. The van der Waals surface area contributed by atoms with Gasteiger partial charge in [0.15, 0.2) is 17.5 Å². The van der Waals surface area contributed by atoms with Crippen molar-refractivity contribution in [3.8, 4) is 62.1 Å². The molecule has 0 bridgehead atoms. The maximum atomic E-state index is 5.32.